The van der Waals surface area contributed by atoms with Gasteiger partial charge in [0.05, 0.1) is 11.6 Å². The summed E-state index contributed by atoms with van der Waals surface area (Å²) in [5, 5.41) is 13.0. The number of hydrogen-bond donors (Lipinski definition) is 3. The van der Waals surface area contributed by atoms with Crippen LogP contribution in [-0.4, -0.2) is 24.3 Å². The molecule has 0 amide bonds. The number of halogens is 2. The van der Waals surface area contributed by atoms with Crippen molar-refractivity contribution in [2.45, 2.75) is 18.1 Å². The number of nitrogens with one attached hydrogen (secondary N) is 1. The second-order valence-corrected chi connectivity index (χ2v) is 3.88. The molecule has 2 atom stereocenters. The summed E-state index contributed by atoms with van der Waals surface area (Å²) in [7, 11) is 0. The smallest absolute Gasteiger partial charge is 0.0885 e. The van der Waals surface area contributed by atoms with E-state index in [0.29, 0.717) is 6.54 Å². The average molecular weight is 265 g/mol. The van der Waals surface area contributed by atoms with Crippen LogP contribution in [0.5, 0.6) is 0 Å². The van der Waals surface area contributed by atoms with Gasteiger partial charge in [-0.3, -0.25) is 0 Å². The van der Waals surface area contributed by atoms with Gasteiger partial charge in [-0.2, -0.15) is 0 Å². The van der Waals surface area contributed by atoms with Gasteiger partial charge in [0.25, 0.3) is 0 Å². The number of nitrogens with two attached hydrogens (primary N) is 1. The summed E-state index contributed by atoms with van der Waals surface area (Å²) in [5.74, 6) is 0. The molecule has 16 heavy (non-hydrogen) atoms. The molecule has 1 aliphatic heterocycles. The van der Waals surface area contributed by atoms with Crippen LogP contribution in [0.3, 0.4) is 0 Å². The first-order valence-electron chi connectivity index (χ1n) is 4.97. The van der Waals surface area contributed by atoms with E-state index >= 15 is 0 Å². The maximum atomic E-state index is 9.89. The van der Waals surface area contributed by atoms with Crippen molar-refractivity contribution in [3.8, 4) is 0 Å². The van der Waals surface area contributed by atoms with Gasteiger partial charge < -0.3 is 16.2 Å². The molecule has 4 N–H and O–H groups in total. The first-order chi connectivity index (χ1) is 6.73. The predicted molar refractivity (Wildman–Crippen MR) is 70.3 cm³/mol. The van der Waals surface area contributed by atoms with E-state index in [1.807, 2.05) is 30.3 Å². The normalized spacial score (nSPS) is 28.8. The number of aliphatic hydroxyl groups excluding tert-OH is 1. The van der Waals surface area contributed by atoms with Crippen molar-refractivity contribution in [2.24, 2.45) is 5.73 Å². The van der Waals surface area contributed by atoms with Crippen molar-refractivity contribution < 1.29 is 5.11 Å². The molecule has 0 radical (unpaired) electrons. The number of β-amino-alcohol motifs (C(OH)–C–C–N with tert-alkyl or cyclic N) is 1. The van der Waals surface area contributed by atoms with Crippen LogP contribution in [0.4, 0.5) is 0 Å². The molecule has 1 aliphatic rings. The Hall–Kier alpha value is -0.320. The topological polar surface area (TPSA) is 58.3 Å². The Morgan fingerprint density at radius 3 is 2.44 bits per heavy atom. The lowest BCUT2D eigenvalue weighted by atomic mass is 9.80. The fourth-order valence-electron chi connectivity index (χ4n) is 1.97. The number of rotatable bonds is 1. The van der Waals surface area contributed by atoms with Gasteiger partial charge >= 0.3 is 0 Å². The Kier molecular flexibility index (Phi) is 6.30. The Labute approximate surface area is 108 Å². The zero-order chi connectivity index (χ0) is 10.0. The minimum Gasteiger partial charge on any atom is -0.390 e. The monoisotopic (exact) mass is 264 g/mol. The molecule has 0 aromatic heterocycles. The Morgan fingerprint density at radius 2 is 1.88 bits per heavy atom. The highest BCUT2D eigenvalue weighted by atomic mass is 35.5. The number of aliphatic hydroxyl groups is 1. The summed E-state index contributed by atoms with van der Waals surface area (Å²) in [6.45, 7) is 1.44. The maximum absolute atomic E-state index is 9.89. The van der Waals surface area contributed by atoms with E-state index in [4.69, 9.17) is 5.73 Å². The van der Waals surface area contributed by atoms with Crippen LogP contribution >= 0.6 is 24.8 Å². The molecular formula is C11H18Cl2N2O. The van der Waals surface area contributed by atoms with Crippen LogP contribution in [0.1, 0.15) is 12.0 Å². The van der Waals surface area contributed by atoms with E-state index in [1.54, 1.807) is 0 Å². The van der Waals surface area contributed by atoms with Crippen molar-refractivity contribution in [2.75, 3.05) is 13.1 Å². The van der Waals surface area contributed by atoms with Crippen LogP contribution in [0, 0.1) is 0 Å². The van der Waals surface area contributed by atoms with Gasteiger partial charge in [-0.1, -0.05) is 30.3 Å². The third kappa shape index (κ3) is 2.87. The van der Waals surface area contributed by atoms with Gasteiger partial charge in [0.1, 0.15) is 0 Å². The van der Waals surface area contributed by atoms with Gasteiger partial charge in [-0.25, -0.2) is 0 Å². The lowest BCUT2D eigenvalue weighted by Crippen LogP contribution is -2.57. The molecule has 1 aromatic rings. The minimum absolute atomic E-state index is 0. The Bertz CT molecular complexity index is 310. The number of hydrogen-bond acceptors (Lipinski definition) is 3. The van der Waals surface area contributed by atoms with E-state index in [0.717, 1.165) is 18.5 Å². The van der Waals surface area contributed by atoms with Crippen molar-refractivity contribution in [1.29, 1.82) is 0 Å². The van der Waals surface area contributed by atoms with Crippen LogP contribution < -0.4 is 11.1 Å². The van der Waals surface area contributed by atoms with Crippen molar-refractivity contribution in [3.05, 3.63) is 35.9 Å². The fourth-order valence-corrected chi connectivity index (χ4v) is 1.97. The van der Waals surface area contributed by atoms with Gasteiger partial charge in [0.15, 0.2) is 0 Å². The molecule has 0 saturated carbocycles. The zero-order valence-electron chi connectivity index (χ0n) is 8.93. The van der Waals surface area contributed by atoms with Gasteiger partial charge in [0.2, 0.25) is 0 Å². The molecule has 0 bridgehead atoms. The minimum atomic E-state index is -0.577. The molecule has 0 unspecified atom stereocenters. The summed E-state index contributed by atoms with van der Waals surface area (Å²) in [6.07, 6.45) is 0.275. The highest BCUT2D eigenvalue weighted by molar-refractivity contribution is 5.85. The lowest BCUT2D eigenvalue weighted by molar-refractivity contribution is 0.0567. The van der Waals surface area contributed by atoms with Crippen LogP contribution in [-0.2, 0) is 5.54 Å². The molecule has 2 rings (SSSR count). The molecular weight excluding hydrogens is 247 g/mol. The van der Waals surface area contributed by atoms with Gasteiger partial charge in [-0.05, 0) is 18.5 Å². The molecule has 0 spiro atoms. The Balaban J connectivity index is 0.00000112. The van der Waals surface area contributed by atoms with E-state index in [-0.39, 0.29) is 24.8 Å². The summed E-state index contributed by atoms with van der Waals surface area (Å²) in [6, 6.07) is 9.83. The van der Waals surface area contributed by atoms with Crippen LogP contribution in [0.15, 0.2) is 30.3 Å². The lowest BCUT2D eigenvalue weighted by Gasteiger charge is -2.39. The largest absolute Gasteiger partial charge is 0.390 e. The molecule has 1 saturated heterocycles. The van der Waals surface area contributed by atoms with Gasteiger partial charge in [0, 0.05) is 6.54 Å². The standard InChI is InChI=1S/C11H16N2O.2ClH/c12-11(6-7-13-8-10(11)14)9-4-2-1-3-5-9;;/h1-5,10,13-14H,6-8,12H2;2*1H/t10-,11-;;/m1../s1. The van der Waals surface area contributed by atoms with E-state index in [1.165, 1.54) is 0 Å². The second kappa shape index (κ2) is 6.42. The van der Waals surface area contributed by atoms with Crippen molar-refractivity contribution >= 4 is 24.8 Å². The summed E-state index contributed by atoms with van der Waals surface area (Å²) in [5.41, 5.74) is 6.68. The van der Waals surface area contributed by atoms with E-state index in [2.05, 4.69) is 5.32 Å². The summed E-state index contributed by atoms with van der Waals surface area (Å²) >= 11 is 0. The van der Waals surface area contributed by atoms with Crippen LogP contribution in [0.25, 0.3) is 0 Å². The summed E-state index contributed by atoms with van der Waals surface area (Å²) < 4.78 is 0. The molecule has 1 fully saturated rings. The molecule has 3 nitrogen and oxygen atoms in total. The first kappa shape index (κ1) is 15.7. The molecule has 1 heterocycles. The summed E-state index contributed by atoms with van der Waals surface area (Å²) in [4.78, 5) is 0. The predicted octanol–water partition coefficient (Wildman–Crippen LogP) is 1.04. The highest BCUT2D eigenvalue weighted by Gasteiger charge is 2.37. The molecule has 5 heteroatoms. The molecule has 0 aliphatic carbocycles. The zero-order valence-corrected chi connectivity index (χ0v) is 10.6. The molecule has 1 aromatic carbocycles. The van der Waals surface area contributed by atoms with Crippen molar-refractivity contribution in [1.82, 2.24) is 5.32 Å². The number of benzene rings is 1. The van der Waals surface area contributed by atoms with Gasteiger partial charge in [-0.15, -0.1) is 24.8 Å². The fraction of sp³-hybridized carbons (Fsp3) is 0.455. The second-order valence-electron chi connectivity index (χ2n) is 3.88. The van der Waals surface area contributed by atoms with E-state index in [9.17, 15) is 5.11 Å². The SMILES string of the molecule is Cl.Cl.N[C@@]1(c2ccccc2)CCNC[C@H]1O. The third-order valence-corrected chi connectivity index (χ3v) is 2.96. The average Bonchev–Trinajstić information content (AvgIpc) is 2.24. The maximum Gasteiger partial charge on any atom is 0.0885 e. The molecule has 92 valence electrons. The Morgan fingerprint density at radius 1 is 1.25 bits per heavy atom. The first-order valence-corrected chi connectivity index (χ1v) is 4.97. The quantitative estimate of drug-likeness (QED) is 0.711. The third-order valence-electron chi connectivity index (χ3n) is 2.96. The van der Waals surface area contributed by atoms with E-state index < -0.39 is 11.6 Å². The van der Waals surface area contributed by atoms with Crippen molar-refractivity contribution in [3.63, 3.8) is 0 Å². The highest BCUT2D eigenvalue weighted by Crippen LogP contribution is 2.27. The number of piperidine rings is 1. The van der Waals surface area contributed by atoms with Crippen LogP contribution in [0.2, 0.25) is 0 Å².